The summed E-state index contributed by atoms with van der Waals surface area (Å²) < 4.78 is 0. The summed E-state index contributed by atoms with van der Waals surface area (Å²) in [6.45, 7) is 2.05. The molecule has 2 amide bonds. The molecule has 2 aliphatic heterocycles. The van der Waals surface area contributed by atoms with Gasteiger partial charge in [-0.15, -0.1) is 0 Å². The van der Waals surface area contributed by atoms with E-state index < -0.39 is 0 Å². The Morgan fingerprint density at radius 1 is 1.08 bits per heavy atom. The van der Waals surface area contributed by atoms with Gasteiger partial charge >= 0.3 is 0 Å². The average Bonchev–Trinajstić information content (AvgIpc) is 3.31. The maximum atomic E-state index is 12.9. The van der Waals surface area contributed by atoms with Crippen molar-refractivity contribution in [3.8, 4) is 0 Å². The molecule has 0 spiro atoms. The first-order valence-electron chi connectivity index (χ1n) is 9.55. The number of carbonyl (C=O) groups is 2. The molecular formula is C21H26N2O2. The molecule has 1 atom stereocenters. The van der Waals surface area contributed by atoms with E-state index in [1.54, 1.807) is 0 Å². The number of hydrogen-bond acceptors (Lipinski definition) is 2. The minimum atomic E-state index is -0.139. The SMILES string of the molecule is O=C(C1CC(=O)N(C2CCCC2)C1)N1CC=C(c2ccccc2)CC1. The molecule has 1 aromatic carbocycles. The quantitative estimate of drug-likeness (QED) is 0.850. The molecule has 1 saturated carbocycles. The van der Waals surface area contributed by atoms with Crippen LogP contribution in [-0.4, -0.2) is 47.3 Å². The molecule has 2 fully saturated rings. The molecule has 3 aliphatic rings. The maximum Gasteiger partial charge on any atom is 0.228 e. The molecule has 0 bridgehead atoms. The summed E-state index contributed by atoms with van der Waals surface area (Å²) in [5.74, 6) is 0.208. The highest BCUT2D eigenvalue weighted by Crippen LogP contribution is 2.31. The highest BCUT2D eigenvalue weighted by molar-refractivity contribution is 5.90. The van der Waals surface area contributed by atoms with Gasteiger partial charge in [0.2, 0.25) is 11.8 Å². The number of rotatable bonds is 3. The van der Waals surface area contributed by atoms with Gasteiger partial charge in [0.1, 0.15) is 0 Å². The van der Waals surface area contributed by atoms with E-state index in [9.17, 15) is 9.59 Å². The van der Waals surface area contributed by atoms with Gasteiger partial charge in [-0.25, -0.2) is 0 Å². The van der Waals surface area contributed by atoms with Crippen LogP contribution < -0.4 is 0 Å². The predicted octanol–water partition coefficient (Wildman–Crippen LogP) is 3.09. The summed E-state index contributed by atoms with van der Waals surface area (Å²) in [4.78, 5) is 29.1. The van der Waals surface area contributed by atoms with E-state index in [0.29, 0.717) is 25.6 Å². The van der Waals surface area contributed by atoms with E-state index >= 15 is 0 Å². The summed E-state index contributed by atoms with van der Waals surface area (Å²) in [7, 11) is 0. The second-order valence-electron chi connectivity index (χ2n) is 7.52. The fourth-order valence-electron chi connectivity index (χ4n) is 4.51. The van der Waals surface area contributed by atoms with Crippen LogP contribution in [0.2, 0.25) is 0 Å². The molecular weight excluding hydrogens is 312 g/mol. The highest BCUT2D eigenvalue weighted by atomic mass is 16.2. The van der Waals surface area contributed by atoms with Gasteiger partial charge < -0.3 is 9.80 Å². The van der Waals surface area contributed by atoms with Gasteiger partial charge in [0, 0.05) is 32.1 Å². The number of amides is 2. The van der Waals surface area contributed by atoms with Crippen LogP contribution in [0.3, 0.4) is 0 Å². The molecule has 0 aromatic heterocycles. The minimum absolute atomic E-state index is 0.139. The third-order valence-corrected chi connectivity index (χ3v) is 5.94. The van der Waals surface area contributed by atoms with E-state index in [4.69, 9.17) is 0 Å². The van der Waals surface area contributed by atoms with Gasteiger partial charge in [-0.1, -0.05) is 49.2 Å². The van der Waals surface area contributed by atoms with Crippen molar-refractivity contribution in [1.29, 1.82) is 0 Å². The lowest BCUT2D eigenvalue weighted by molar-refractivity contribution is -0.135. The average molecular weight is 338 g/mol. The molecule has 1 saturated heterocycles. The standard InChI is InChI=1S/C21H26N2O2/c24-20-14-18(15-23(20)19-8-4-5-9-19)21(25)22-12-10-17(11-13-22)16-6-2-1-3-7-16/h1-3,6-7,10,18-19H,4-5,8-9,11-15H2. The summed E-state index contributed by atoms with van der Waals surface area (Å²) in [5.41, 5.74) is 2.57. The van der Waals surface area contributed by atoms with E-state index in [1.807, 2.05) is 15.9 Å². The lowest BCUT2D eigenvalue weighted by Gasteiger charge is -2.29. The van der Waals surface area contributed by atoms with E-state index in [2.05, 4.69) is 30.3 Å². The summed E-state index contributed by atoms with van der Waals surface area (Å²) in [6.07, 6.45) is 8.11. The van der Waals surface area contributed by atoms with E-state index in [1.165, 1.54) is 24.0 Å². The molecule has 1 unspecified atom stereocenters. The van der Waals surface area contributed by atoms with Gasteiger partial charge in [-0.2, -0.15) is 0 Å². The number of carbonyl (C=O) groups excluding carboxylic acids is 2. The Labute approximate surface area is 149 Å². The van der Waals surface area contributed by atoms with Crippen molar-refractivity contribution < 1.29 is 9.59 Å². The van der Waals surface area contributed by atoms with Crippen molar-refractivity contribution >= 4 is 17.4 Å². The first kappa shape index (κ1) is 16.4. The van der Waals surface area contributed by atoms with E-state index in [-0.39, 0.29) is 17.7 Å². The van der Waals surface area contributed by atoms with Crippen LogP contribution in [-0.2, 0) is 9.59 Å². The predicted molar refractivity (Wildman–Crippen MR) is 97.7 cm³/mol. The molecule has 132 valence electrons. The Morgan fingerprint density at radius 2 is 1.84 bits per heavy atom. The molecule has 2 heterocycles. The zero-order valence-electron chi connectivity index (χ0n) is 14.7. The molecule has 4 nitrogen and oxygen atoms in total. The zero-order valence-corrected chi connectivity index (χ0v) is 14.7. The Kier molecular flexibility index (Phi) is 4.60. The van der Waals surface area contributed by atoms with Gasteiger partial charge in [-0.3, -0.25) is 9.59 Å². The monoisotopic (exact) mass is 338 g/mol. The molecule has 1 aliphatic carbocycles. The first-order chi connectivity index (χ1) is 12.2. The van der Waals surface area contributed by atoms with Crippen LogP contribution in [0.1, 0.15) is 44.1 Å². The minimum Gasteiger partial charge on any atom is -0.339 e. The van der Waals surface area contributed by atoms with Crippen molar-refractivity contribution in [3.63, 3.8) is 0 Å². The molecule has 0 radical (unpaired) electrons. The fourth-order valence-corrected chi connectivity index (χ4v) is 4.51. The highest BCUT2D eigenvalue weighted by Gasteiger charge is 2.40. The number of benzene rings is 1. The van der Waals surface area contributed by atoms with Crippen LogP contribution in [0, 0.1) is 5.92 Å². The van der Waals surface area contributed by atoms with Crippen molar-refractivity contribution in [2.75, 3.05) is 19.6 Å². The number of hydrogen-bond donors (Lipinski definition) is 0. The fraction of sp³-hybridized carbons (Fsp3) is 0.524. The summed E-state index contributed by atoms with van der Waals surface area (Å²) in [5, 5.41) is 0. The van der Waals surface area contributed by atoms with Crippen molar-refractivity contribution in [2.45, 2.75) is 44.6 Å². The van der Waals surface area contributed by atoms with Gasteiger partial charge in [0.05, 0.1) is 5.92 Å². The Balaban J connectivity index is 1.38. The Hall–Kier alpha value is -2.10. The maximum absolute atomic E-state index is 12.9. The van der Waals surface area contributed by atoms with Gasteiger partial charge in [0.15, 0.2) is 0 Å². The molecule has 25 heavy (non-hydrogen) atoms. The van der Waals surface area contributed by atoms with Crippen LogP contribution in [0.15, 0.2) is 36.4 Å². The zero-order chi connectivity index (χ0) is 17.2. The van der Waals surface area contributed by atoms with Crippen LogP contribution in [0.4, 0.5) is 0 Å². The number of nitrogens with zero attached hydrogens (tertiary/aromatic N) is 2. The third kappa shape index (κ3) is 3.35. The lowest BCUT2D eigenvalue weighted by Crippen LogP contribution is -2.40. The largest absolute Gasteiger partial charge is 0.339 e. The van der Waals surface area contributed by atoms with Crippen LogP contribution in [0.25, 0.3) is 5.57 Å². The first-order valence-corrected chi connectivity index (χ1v) is 9.55. The second kappa shape index (κ2) is 7.03. The van der Waals surface area contributed by atoms with Crippen LogP contribution in [0.5, 0.6) is 0 Å². The molecule has 0 N–H and O–H groups in total. The van der Waals surface area contributed by atoms with Crippen molar-refractivity contribution in [2.24, 2.45) is 5.92 Å². The van der Waals surface area contributed by atoms with Gasteiger partial charge in [0.25, 0.3) is 0 Å². The molecule has 4 rings (SSSR count). The smallest absolute Gasteiger partial charge is 0.228 e. The second-order valence-corrected chi connectivity index (χ2v) is 7.52. The van der Waals surface area contributed by atoms with E-state index in [0.717, 1.165) is 25.8 Å². The Bertz CT molecular complexity index is 676. The van der Waals surface area contributed by atoms with Gasteiger partial charge in [-0.05, 0) is 30.4 Å². The normalized spacial score (nSPS) is 24.7. The van der Waals surface area contributed by atoms with Crippen LogP contribution >= 0.6 is 0 Å². The molecule has 4 heteroatoms. The lowest BCUT2D eigenvalue weighted by atomic mass is 9.98. The van der Waals surface area contributed by atoms with Crippen molar-refractivity contribution in [3.05, 3.63) is 42.0 Å². The summed E-state index contributed by atoms with van der Waals surface area (Å²) in [6, 6.07) is 10.8. The van der Waals surface area contributed by atoms with Crippen molar-refractivity contribution in [1.82, 2.24) is 9.80 Å². The summed E-state index contributed by atoms with van der Waals surface area (Å²) >= 11 is 0. The molecule has 1 aromatic rings. The number of likely N-dealkylation sites (tertiary alicyclic amines) is 1. The third-order valence-electron chi connectivity index (χ3n) is 5.94. The topological polar surface area (TPSA) is 40.6 Å². The Morgan fingerprint density at radius 3 is 2.52 bits per heavy atom.